The molecule has 7 heteroatoms. The number of aromatic nitrogens is 1. The van der Waals surface area contributed by atoms with Crippen LogP contribution in [0.3, 0.4) is 0 Å². The molecule has 0 fully saturated rings. The Hall–Kier alpha value is -2.80. The van der Waals surface area contributed by atoms with Crippen LogP contribution < -0.4 is 19.5 Å². The minimum atomic E-state index is -0.417. The largest absolute Gasteiger partial charge is 0.497 e. The third-order valence-electron chi connectivity index (χ3n) is 3.60. The zero-order valence-electron chi connectivity index (χ0n) is 14.0. The zero-order valence-corrected chi connectivity index (χ0v) is 14.8. The van der Waals surface area contributed by atoms with Crippen LogP contribution in [-0.4, -0.2) is 26.3 Å². The van der Waals surface area contributed by atoms with E-state index in [0.717, 1.165) is 5.69 Å². The van der Waals surface area contributed by atoms with Crippen molar-refractivity contribution in [2.75, 3.05) is 26.6 Å². The summed E-state index contributed by atoms with van der Waals surface area (Å²) in [6.07, 6.45) is 0. The van der Waals surface area contributed by atoms with Gasteiger partial charge in [-0.05, 0) is 30.3 Å². The molecule has 2 aromatic carbocycles. The highest BCUT2D eigenvalue weighted by Gasteiger charge is 2.11. The summed E-state index contributed by atoms with van der Waals surface area (Å²) in [5, 5.41) is 5.75. The van der Waals surface area contributed by atoms with E-state index in [1.807, 2.05) is 17.5 Å². The van der Waals surface area contributed by atoms with Gasteiger partial charge in [-0.1, -0.05) is 0 Å². The zero-order chi connectivity index (χ0) is 17.8. The van der Waals surface area contributed by atoms with Gasteiger partial charge in [0, 0.05) is 17.0 Å². The Balaban J connectivity index is 1.84. The number of hydrogen-bond acceptors (Lipinski definition) is 6. The van der Waals surface area contributed by atoms with Crippen LogP contribution in [0.5, 0.6) is 17.2 Å². The fourth-order valence-corrected chi connectivity index (χ4v) is 3.04. The highest BCUT2D eigenvalue weighted by atomic mass is 32.1. The molecular weight excluding hydrogens is 343 g/mol. The van der Waals surface area contributed by atoms with Gasteiger partial charge in [0.2, 0.25) is 0 Å². The Bertz CT molecular complexity index is 883. The molecule has 0 amide bonds. The summed E-state index contributed by atoms with van der Waals surface area (Å²) in [4.78, 5) is 4.50. The average Bonchev–Trinajstić information content (AvgIpc) is 3.10. The molecule has 0 bridgehead atoms. The van der Waals surface area contributed by atoms with E-state index in [1.165, 1.54) is 24.5 Å². The molecule has 25 heavy (non-hydrogen) atoms. The lowest BCUT2D eigenvalue weighted by Crippen LogP contribution is -1.95. The van der Waals surface area contributed by atoms with Crippen molar-refractivity contribution in [3.8, 4) is 28.5 Å². The third kappa shape index (κ3) is 3.66. The maximum absolute atomic E-state index is 13.9. The lowest BCUT2D eigenvalue weighted by Gasteiger charge is -2.10. The Morgan fingerprint density at radius 3 is 2.44 bits per heavy atom. The summed E-state index contributed by atoms with van der Waals surface area (Å²) in [6, 6.07) is 10.2. The Labute approximate surface area is 149 Å². The predicted octanol–water partition coefficient (Wildman–Crippen LogP) is 4.72. The lowest BCUT2D eigenvalue weighted by atomic mass is 10.1. The molecule has 0 saturated carbocycles. The number of anilines is 2. The van der Waals surface area contributed by atoms with Gasteiger partial charge in [-0.3, -0.25) is 0 Å². The SMILES string of the molecule is COc1ccc(Nc2nc(-c3ccc(OC)c(F)c3)cs2)c(OC)c1. The minimum absolute atomic E-state index is 0.209. The van der Waals surface area contributed by atoms with E-state index in [-0.39, 0.29) is 5.75 Å². The monoisotopic (exact) mass is 360 g/mol. The Morgan fingerprint density at radius 1 is 0.960 bits per heavy atom. The van der Waals surface area contributed by atoms with Gasteiger partial charge in [-0.2, -0.15) is 0 Å². The van der Waals surface area contributed by atoms with Gasteiger partial charge >= 0.3 is 0 Å². The quantitative estimate of drug-likeness (QED) is 0.689. The van der Waals surface area contributed by atoms with Gasteiger partial charge in [0.25, 0.3) is 0 Å². The molecular formula is C18H17FN2O3S. The molecule has 0 unspecified atom stereocenters. The standard InChI is InChI=1S/C18H17FN2O3S/c1-22-12-5-6-14(17(9-12)24-3)20-18-21-15(10-25-18)11-4-7-16(23-2)13(19)8-11/h4-10H,1-3H3,(H,20,21). The Kier molecular flexibility index (Phi) is 5.04. The number of nitrogens with zero attached hydrogens (tertiary/aromatic N) is 1. The lowest BCUT2D eigenvalue weighted by molar-refractivity contribution is 0.386. The molecule has 1 heterocycles. The fourth-order valence-electron chi connectivity index (χ4n) is 2.31. The first-order valence-electron chi connectivity index (χ1n) is 7.43. The van der Waals surface area contributed by atoms with E-state index in [0.29, 0.717) is 27.9 Å². The van der Waals surface area contributed by atoms with Gasteiger partial charge in [0.15, 0.2) is 16.7 Å². The number of ether oxygens (including phenoxy) is 3. The second-order valence-electron chi connectivity index (χ2n) is 5.08. The van der Waals surface area contributed by atoms with Crippen LogP contribution in [0.25, 0.3) is 11.3 Å². The predicted molar refractivity (Wildman–Crippen MR) is 96.9 cm³/mol. The van der Waals surface area contributed by atoms with E-state index in [9.17, 15) is 4.39 Å². The molecule has 3 aromatic rings. The normalized spacial score (nSPS) is 10.4. The molecule has 1 N–H and O–H groups in total. The number of nitrogens with one attached hydrogen (secondary N) is 1. The first-order valence-corrected chi connectivity index (χ1v) is 8.31. The van der Waals surface area contributed by atoms with Crippen molar-refractivity contribution in [2.24, 2.45) is 0 Å². The molecule has 0 radical (unpaired) electrons. The minimum Gasteiger partial charge on any atom is -0.497 e. The molecule has 3 rings (SSSR count). The second kappa shape index (κ2) is 7.40. The van der Waals surface area contributed by atoms with E-state index in [4.69, 9.17) is 14.2 Å². The van der Waals surface area contributed by atoms with Crippen molar-refractivity contribution in [3.63, 3.8) is 0 Å². The number of halogens is 1. The molecule has 0 atom stereocenters. The molecule has 0 aliphatic carbocycles. The van der Waals surface area contributed by atoms with Crippen molar-refractivity contribution >= 4 is 22.2 Å². The van der Waals surface area contributed by atoms with Crippen LogP contribution in [0.15, 0.2) is 41.8 Å². The van der Waals surface area contributed by atoms with Crippen molar-refractivity contribution in [1.29, 1.82) is 0 Å². The van der Waals surface area contributed by atoms with E-state index in [1.54, 1.807) is 32.4 Å². The summed E-state index contributed by atoms with van der Waals surface area (Å²) in [6.45, 7) is 0. The van der Waals surface area contributed by atoms with Crippen molar-refractivity contribution in [3.05, 3.63) is 47.6 Å². The maximum Gasteiger partial charge on any atom is 0.187 e. The van der Waals surface area contributed by atoms with E-state index in [2.05, 4.69) is 10.3 Å². The summed E-state index contributed by atoms with van der Waals surface area (Å²) in [5.41, 5.74) is 2.14. The summed E-state index contributed by atoms with van der Waals surface area (Å²) >= 11 is 1.42. The van der Waals surface area contributed by atoms with Crippen LogP contribution >= 0.6 is 11.3 Å². The van der Waals surface area contributed by atoms with Crippen LogP contribution in [0.1, 0.15) is 0 Å². The van der Waals surface area contributed by atoms with Crippen molar-refractivity contribution < 1.29 is 18.6 Å². The Morgan fingerprint density at radius 2 is 1.76 bits per heavy atom. The molecule has 0 aliphatic rings. The molecule has 0 saturated heterocycles. The first-order chi connectivity index (χ1) is 12.1. The van der Waals surface area contributed by atoms with Crippen molar-refractivity contribution in [2.45, 2.75) is 0 Å². The summed E-state index contributed by atoms with van der Waals surface area (Å²) < 4.78 is 29.4. The molecule has 5 nitrogen and oxygen atoms in total. The van der Waals surface area contributed by atoms with E-state index < -0.39 is 5.82 Å². The number of thiazole rings is 1. The first kappa shape index (κ1) is 17.0. The van der Waals surface area contributed by atoms with E-state index >= 15 is 0 Å². The van der Waals surface area contributed by atoms with Gasteiger partial charge < -0.3 is 19.5 Å². The highest BCUT2D eigenvalue weighted by Crippen LogP contribution is 2.34. The topological polar surface area (TPSA) is 52.6 Å². The highest BCUT2D eigenvalue weighted by molar-refractivity contribution is 7.14. The fraction of sp³-hybridized carbons (Fsp3) is 0.167. The maximum atomic E-state index is 13.9. The van der Waals surface area contributed by atoms with Gasteiger partial charge in [0.05, 0.1) is 32.7 Å². The molecule has 1 aromatic heterocycles. The van der Waals surface area contributed by atoms with Gasteiger partial charge in [-0.15, -0.1) is 11.3 Å². The summed E-state index contributed by atoms with van der Waals surface area (Å²) in [7, 11) is 4.63. The van der Waals surface area contributed by atoms with Crippen LogP contribution in [0.2, 0.25) is 0 Å². The average molecular weight is 360 g/mol. The molecule has 0 spiro atoms. The second-order valence-corrected chi connectivity index (χ2v) is 5.94. The summed E-state index contributed by atoms with van der Waals surface area (Å²) in [5.74, 6) is 1.14. The van der Waals surface area contributed by atoms with Gasteiger partial charge in [0.1, 0.15) is 11.5 Å². The van der Waals surface area contributed by atoms with Crippen LogP contribution in [0.4, 0.5) is 15.2 Å². The number of methoxy groups -OCH3 is 3. The van der Waals surface area contributed by atoms with Crippen LogP contribution in [-0.2, 0) is 0 Å². The van der Waals surface area contributed by atoms with Crippen LogP contribution in [0, 0.1) is 5.82 Å². The smallest absolute Gasteiger partial charge is 0.187 e. The number of rotatable bonds is 6. The third-order valence-corrected chi connectivity index (χ3v) is 4.36. The number of hydrogen-bond donors (Lipinski definition) is 1. The molecule has 130 valence electrons. The van der Waals surface area contributed by atoms with Gasteiger partial charge in [-0.25, -0.2) is 9.37 Å². The number of benzene rings is 2. The molecule has 0 aliphatic heterocycles. The van der Waals surface area contributed by atoms with Crippen molar-refractivity contribution in [1.82, 2.24) is 4.98 Å².